The number of aliphatic hydroxyl groups excluding tert-OH is 1. The number of hydrogen-bond donors (Lipinski definition) is 1. The van der Waals surface area contributed by atoms with Crippen LogP contribution < -0.4 is 9.47 Å². The topological polar surface area (TPSA) is 79.3 Å². The van der Waals surface area contributed by atoms with Crippen molar-refractivity contribution in [3.05, 3.63) is 63.6 Å². The van der Waals surface area contributed by atoms with Crippen LogP contribution in [-0.4, -0.2) is 67.0 Å². The zero-order valence-electron chi connectivity index (χ0n) is 17.3. The van der Waals surface area contributed by atoms with Gasteiger partial charge in [0.1, 0.15) is 19.0 Å². The Balaban J connectivity index is 1.81. The molecular weight excluding hydrogens is 464 g/mol. The van der Waals surface area contributed by atoms with Gasteiger partial charge in [-0.1, -0.05) is 28.1 Å². The van der Waals surface area contributed by atoms with Gasteiger partial charge in [0.05, 0.1) is 11.6 Å². The number of aliphatic hydroxyl groups is 1. The third kappa shape index (κ3) is 4.18. The Labute approximate surface area is 189 Å². The maximum atomic E-state index is 13.0. The molecule has 1 saturated heterocycles. The van der Waals surface area contributed by atoms with Crippen LogP contribution >= 0.6 is 15.9 Å². The van der Waals surface area contributed by atoms with E-state index in [2.05, 4.69) is 15.9 Å². The molecule has 0 saturated carbocycles. The molecule has 8 heteroatoms. The Morgan fingerprint density at radius 1 is 1.10 bits per heavy atom. The van der Waals surface area contributed by atoms with Gasteiger partial charge in [-0.05, 0) is 50.0 Å². The number of likely N-dealkylation sites (N-methyl/N-ethyl adjacent to an activating group) is 1. The second-order valence-electron chi connectivity index (χ2n) is 7.71. The number of ketones is 1. The number of carbonyl (C=O) groups excluding carboxylic acids is 2. The summed E-state index contributed by atoms with van der Waals surface area (Å²) < 4.78 is 12.0. The summed E-state index contributed by atoms with van der Waals surface area (Å²) in [4.78, 5) is 29.4. The minimum atomic E-state index is -0.695. The summed E-state index contributed by atoms with van der Waals surface area (Å²) in [7, 11) is 3.81. The highest BCUT2D eigenvalue weighted by Crippen LogP contribution is 2.41. The number of Topliss-reactive ketones (excluding diaryl/α,β-unsaturated/α-hetero) is 1. The summed E-state index contributed by atoms with van der Waals surface area (Å²) in [5.74, 6) is -0.459. The van der Waals surface area contributed by atoms with Crippen LogP contribution in [0.1, 0.15) is 17.2 Å². The maximum Gasteiger partial charge on any atom is 0.295 e. The van der Waals surface area contributed by atoms with Gasteiger partial charge in [-0.25, -0.2) is 0 Å². The van der Waals surface area contributed by atoms with Crippen molar-refractivity contribution in [2.45, 2.75) is 6.04 Å². The van der Waals surface area contributed by atoms with Crippen LogP contribution in [0.2, 0.25) is 0 Å². The first-order chi connectivity index (χ1) is 14.9. The van der Waals surface area contributed by atoms with Crippen LogP contribution in [0.5, 0.6) is 11.5 Å². The van der Waals surface area contributed by atoms with Crippen LogP contribution in [0.15, 0.2) is 52.5 Å². The summed E-state index contributed by atoms with van der Waals surface area (Å²) in [5.41, 5.74) is 1.22. The van der Waals surface area contributed by atoms with Crippen LogP contribution in [0.4, 0.5) is 0 Å². The Kier molecular flexibility index (Phi) is 6.02. The quantitative estimate of drug-likeness (QED) is 0.397. The van der Waals surface area contributed by atoms with Crippen molar-refractivity contribution in [3.63, 3.8) is 0 Å². The number of likely N-dealkylation sites (tertiary alicyclic amines) is 1. The van der Waals surface area contributed by atoms with Gasteiger partial charge >= 0.3 is 0 Å². The van der Waals surface area contributed by atoms with Gasteiger partial charge in [0.25, 0.3) is 11.7 Å². The van der Waals surface area contributed by atoms with Crippen LogP contribution in [0.25, 0.3) is 5.76 Å². The molecule has 0 aliphatic carbocycles. The van der Waals surface area contributed by atoms with Gasteiger partial charge < -0.3 is 24.4 Å². The first-order valence-corrected chi connectivity index (χ1v) is 10.7. The molecule has 1 atom stereocenters. The van der Waals surface area contributed by atoms with Crippen molar-refractivity contribution in [2.75, 3.05) is 40.4 Å². The van der Waals surface area contributed by atoms with Crippen molar-refractivity contribution in [2.24, 2.45) is 0 Å². The number of ether oxygens (including phenoxy) is 2. The van der Waals surface area contributed by atoms with Crippen LogP contribution in [0, 0.1) is 0 Å². The standard InChI is InChI=1S/C23H23BrN2O5/c1-25(2)9-10-26-20(14-3-6-16(24)7-4-14)19(22(28)23(26)29)21(27)15-5-8-17-18(13-15)31-12-11-30-17/h3-8,13,20,27H,9-12H2,1-2H3/b21-19-. The van der Waals surface area contributed by atoms with E-state index in [9.17, 15) is 14.7 Å². The van der Waals surface area contributed by atoms with Crippen molar-refractivity contribution in [1.82, 2.24) is 9.80 Å². The van der Waals surface area contributed by atoms with E-state index in [0.717, 1.165) is 10.0 Å². The molecule has 0 radical (unpaired) electrons. The molecule has 7 nitrogen and oxygen atoms in total. The van der Waals surface area contributed by atoms with E-state index < -0.39 is 17.7 Å². The normalized spacial score (nSPS) is 19.9. The minimum absolute atomic E-state index is 0.0720. The molecule has 1 N–H and O–H groups in total. The van der Waals surface area contributed by atoms with Gasteiger partial charge in [-0.3, -0.25) is 9.59 Å². The van der Waals surface area contributed by atoms with Gasteiger partial charge in [-0.2, -0.15) is 0 Å². The van der Waals surface area contributed by atoms with E-state index in [-0.39, 0.29) is 11.3 Å². The Morgan fingerprint density at radius 3 is 2.45 bits per heavy atom. The molecule has 31 heavy (non-hydrogen) atoms. The highest BCUT2D eigenvalue weighted by atomic mass is 79.9. The van der Waals surface area contributed by atoms with E-state index >= 15 is 0 Å². The van der Waals surface area contributed by atoms with Crippen molar-refractivity contribution >= 4 is 33.4 Å². The molecule has 1 amide bonds. The first kappa shape index (κ1) is 21.4. The molecular formula is C23H23BrN2O5. The summed E-state index contributed by atoms with van der Waals surface area (Å²) in [6.45, 7) is 1.81. The van der Waals surface area contributed by atoms with Gasteiger partial charge in [0.15, 0.2) is 11.5 Å². The van der Waals surface area contributed by atoms with Gasteiger partial charge in [-0.15, -0.1) is 0 Å². The fourth-order valence-electron chi connectivity index (χ4n) is 3.76. The summed E-state index contributed by atoms with van der Waals surface area (Å²) in [6, 6.07) is 11.7. The van der Waals surface area contributed by atoms with Crippen molar-refractivity contribution in [3.8, 4) is 11.5 Å². The lowest BCUT2D eigenvalue weighted by atomic mass is 9.95. The molecule has 1 fully saturated rings. The monoisotopic (exact) mass is 486 g/mol. The lowest BCUT2D eigenvalue weighted by Gasteiger charge is -2.26. The number of amides is 1. The minimum Gasteiger partial charge on any atom is -0.507 e. The molecule has 0 spiro atoms. The molecule has 0 aromatic heterocycles. The van der Waals surface area contributed by atoms with Crippen LogP contribution in [-0.2, 0) is 9.59 Å². The zero-order valence-corrected chi connectivity index (χ0v) is 18.9. The number of halogens is 1. The number of nitrogens with zero attached hydrogens (tertiary/aromatic N) is 2. The average Bonchev–Trinajstić information content (AvgIpc) is 3.02. The van der Waals surface area contributed by atoms with Gasteiger partial charge in [0, 0.05) is 23.1 Å². The van der Waals surface area contributed by atoms with E-state index in [1.54, 1.807) is 18.2 Å². The average molecular weight is 487 g/mol. The van der Waals surface area contributed by atoms with Crippen molar-refractivity contribution < 1.29 is 24.2 Å². The second-order valence-corrected chi connectivity index (χ2v) is 8.62. The molecule has 4 rings (SSSR count). The number of benzene rings is 2. The maximum absolute atomic E-state index is 13.0. The molecule has 2 aliphatic rings. The number of hydrogen-bond acceptors (Lipinski definition) is 6. The lowest BCUT2D eigenvalue weighted by molar-refractivity contribution is -0.140. The predicted molar refractivity (Wildman–Crippen MR) is 119 cm³/mol. The summed E-state index contributed by atoms with van der Waals surface area (Å²) in [5, 5.41) is 11.2. The smallest absolute Gasteiger partial charge is 0.295 e. The Morgan fingerprint density at radius 2 is 1.77 bits per heavy atom. The molecule has 2 aromatic carbocycles. The molecule has 0 bridgehead atoms. The predicted octanol–water partition coefficient (Wildman–Crippen LogP) is 3.20. The number of carbonyl (C=O) groups is 2. The molecule has 2 aliphatic heterocycles. The van der Waals surface area contributed by atoms with E-state index in [0.29, 0.717) is 43.4 Å². The zero-order chi connectivity index (χ0) is 22.1. The summed E-state index contributed by atoms with van der Waals surface area (Å²) in [6.07, 6.45) is 0. The molecule has 162 valence electrons. The SMILES string of the molecule is CN(C)CCN1C(=O)C(=O)/C(=C(\O)c2ccc3c(c2)OCCO3)C1c1ccc(Br)cc1. The Hall–Kier alpha value is -2.84. The highest BCUT2D eigenvalue weighted by molar-refractivity contribution is 9.10. The first-order valence-electron chi connectivity index (χ1n) is 9.95. The third-order valence-electron chi connectivity index (χ3n) is 5.33. The Bertz CT molecular complexity index is 1050. The second kappa shape index (κ2) is 8.72. The number of rotatable bonds is 5. The van der Waals surface area contributed by atoms with E-state index in [1.807, 2.05) is 43.3 Å². The fraction of sp³-hybridized carbons (Fsp3) is 0.304. The van der Waals surface area contributed by atoms with Crippen molar-refractivity contribution in [1.29, 1.82) is 0 Å². The van der Waals surface area contributed by atoms with Gasteiger partial charge in [0.2, 0.25) is 0 Å². The van der Waals surface area contributed by atoms with E-state index in [4.69, 9.17) is 9.47 Å². The van der Waals surface area contributed by atoms with Crippen LogP contribution in [0.3, 0.4) is 0 Å². The largest absolute Gasteiger partial charge is 0.507 e. The fourth-order valence-corrected chi connectivity index (χ4v) is 4.02. The number of fused-ring (bicyclic) bond motifs is 1. The lowest BCUT2D eigenvalue weighted by Crippen LogP contribution is -2.35. The van der Waals surface area contributed by atoms with E-state index in [1.165, 1.54) is 4.90 Å². The third-order valence-corrected chi connectivity index (χ3v) is 5.86. The molecule has 2 aromatic rings. The summed E-state index contributed by atoms with van der Waals surface area (Å²) >= 11 is 3.42. The highest BCUT2D eigenvalue weighted by Gasteiger charge is 2.45. The molecule has 2 heterocycles. The molecule has 1 unspecified atom stereocenters.